The van der Waals surface area contributed by atoms with Gasteiger partial charge in [0.15, 0.2) is 0 Å². The van der Waals surface area contributed by atoms with Gasteiger partial charge in [-0.3, -0.25) is 0 Å². The highest BCUT2D eigenvalue weighted by atomic mass is 16.5. The molecule has 2 unspecified atom stereocenters. The fourth-order valence-electron chi connectivity index (χ4n) is 2.27. The van der Waals surface area contributed by atoms with E-state index in [9.17, 15) is 0 Å². The van der Waals surface area contributed by atoms with Gasteiger partial charge in [-0.25, -0.2) is 0 Å². The van der Waals surface area contributed by atoms with Gasteiger partial charge in [-0.05, 0) is 19.9 Å². The Morgan fingerprint density at radius 3 is 2.95 bits per heavy atom. The summed E-state index contributed by atoms with van der Waals surface area (Å²) in [6.07, 6.45) is 0.807. The average Bonchev–Trinajstić information content (AvgIpc) is 2.33. The van der Waals surface area contributed by atoms with Gasteiger partial charge in [-0.15, -0.1) is 0 Å². The molecule has 3 N–H and O–H groups in total. The number of aliphatic hydroxyl groups excluding tert-OH is 1. The standard InChI is InChI=1S/C15H23NO3/c1-10(8-17)9-18-11-4-5-12-13(16)7-15(2,3)19-14(12)6-11/h4-6,10,13,17H,7-9,16H2,1-3H3. The van der Waals surface area contributed by atoms with E-state index in [1.807, 2.05) is 39.0 Å². The Kier molecular flexibility index (Phi) is 4.02. The first-order valence-electron chi connectivity index (χ1n) is 6.73. The van der Waals surface area contributed by atoms with Gasteiger partial charge in [0, 0.05) is 36.6 Å². The lowest BCUT2D eigenvalue weighted by Gasteiger charge is -2.36. The monoisotopic (exact) mass is 265 g/mol. The van der Waals surface area contributed by atoms with Crippen LogP contribution in [0, 0.1) is 5.92 Å². The van der Waals surface area contributed by atoms with Crippen LogP contribution in [-0.4, -0.2) is 23.9 Å². The summed E-state index contributed by atoms with van der Waals surface area (Å²) in [5, 5.41) is 8.99. The van der Waals surface area contributed by atoms with Crippen LogP contribution in [-0.2, 0) is 0 Å². The minimum absolute atomic E-state index is 0.00386. The molecule has 4 nitrogen and oxygen atoms in total. The van der Waals surface area contributed by atoms with Crippen LogP contribution < -0.4 is 15.2 Å². The topological polar surface area (TPSA) is 64.7 Å². The van der Waals surface area contributed by atoms with Crippen molar-refractivity contribution in [3.63, 3.8) is 0 Å². The molecule has 4 heteroatoms. The summed E-state index contributed by atoms with van der Waals surface area (Å²) in [6.45, 7) is 6.63. The van der Waals surface area contributed by atoms with Crippen LogP contribution >= 0.6 is 0 Å². The molecule has 0 aliphatic carbocycles. The van der Waals surface area contributed by atoms with Crippen molar-refractivity contribution in [2.75, 3.05) is 13.2 Å². The Labute approximate surface area is 114 Å². The van der Waals surface area contributed by atoms with Gasteiger partial charge in [0.1, 0.15) is 17.1 Å². The van der Waals surface area contributed by atoms with E-state index in [-0.39, 0.29) is 24.2 Å². The molecule has 2 rings (SSSR count). The van der Waals surface area contributed by atoms with Gasteiger partial charge in [-0.2, -0.15) is 0 Å². The third kappa shape index (κ3) is 3.39. The van der Waals surface area contributed by atoms with Gasteiger partial charge in [0.2, 0.25) is 0 Å². The minimum atomic E-state index is -0.247. The molecule has 1 heterocycles. The largest absolute Gasteiger partial charge is 0.493 e. The molecular weight excluding hydrogens is 242 g/mol. The number of aliphatic hydroxyl groups is 1. The Bertz CT molecular complexity index is 445. The van der Waals surface area contributed by atoms with E-state index >= 15 is 0 Å². The van der Waals surface area contributed by atoms with Crippen LogP contribution in [0.4, 0.5) is 0 Å². The number of benzene rings is 1. The van der Waals surface area contributed by atoms with Gasteiger partial charge in [0.05, 0.1) is 6.61 Å². The third-order valence-corrected chi connectivity index (χ3v) is 3.33. The van der Waals surface area contributed by atoms with Gasteiger partial charge in [0.25, 0.3) is 0 Å². The molecule has 1 aliphatic heterocycles. The Balaban J connectivity index is 2.14. The average molecular weight is 265 g/mol. The van der Waals surface area contributed by atoms with Crippen molar-refractivity contribution in [1.82, 2.24) is 0 Å². The lowest BCUT2D eigenvalue weighted by molar-refractivity contribution is 0.0723. The molecule has 0 bridgehead atoms. The van der Waals surface area contributed by atoms with E-state index < -0.39 is 0 Å². The lowest BCUT2D eigenvalue weighted by atomic mass is 9.90. The molecule has 19 heavy (non-hydrogen) atoms. The zero-order valence-electron chi connectivity index (χ0n) is 11.8. The molecule has 106 valence electrons. The zero-order valence-corrected chi connectivity index (χ0v) is 11.8. The summed E-state index contributed by atoms with van der Waals surface area (Å²) in [7, 11) is 0. The number of nitrogens with two attached hydrogens (primary N) is 1. The molecule has 0 saturated heterocycles. The van der Waals surface area contributed by atoms with E-state index in [4.69, 9.17) is 20.3 Å². The van der Waals surface area contributed by atoms with Crippen LogP contribution in [0.5, 0.6) is 11.5 Å². The fourth-order valence-corrected chi connectivity index (χ4v) is 2.27. The van der Waals surface area contributed by atoms with Crippen molar-refractivity contribution in [1.29, 1.82) is 0 Å². The summed E-state index contributed by atoms with van der Waals surface area (Å²) in [5.74, 6) is 1.68. The first-order chi connectivity index (χ1) is 8.91. The van der Waals surface area contributed by atoms with Crippen LogP contribution in [0.15, 0.2) is 18.2 Å². The van der Waals surface area contributed by atoms with E-state index in [2.05, 4.69) is 0 Å². The maximum absolute atomic E-state index is 8.99. The van der Waals surface area contributed by atoms with E-state index in [0.717, 1.165) is 23.5 Å². The molecule has 0 radical (unpaired) electrons. The zero-order chi connectivity index (χ0) is 14.0. The Hall–Kier alpha value is -1.26. The molecule has 2 atom stereocenters. The molecule has 0 fully saturated rings. The van der Waals surface area contributed by atoms with Crippen LogP contribution in [0.1, 0.15) is 38.8 Å². The van der Waals surface area contributed by atoms with Crippen molar-refractivity contribution < 1.29 is 14.6 Å². The number of fused-ring (bicyclic) bond motifs is 1. The summed E-state index contributed by atoms with van der Waals surface area (Å²) < 4.78 is 11.6. The second-order valence-corrected chi connectivity index (χ2v) is 5.97. The number of rotatable bonds is 4. The highest BCUT2D eigenvalue weighted by molar-refractivity contribution is 5.44. The van der Waals surface area contributed by atoms with E-state index in [1.54, 1.807) is 0 Å². The summed E-state index contributed by atoms with van der Waals surface area (Å²) in [5.41, 5.74) is 6.94. The van der Waals surface area contributed by atoms with Crippen molar-refractivity contribution >= 4 is 0 Å². The SMILES string of the molecule is CC(CO)COc1ccc2c(c1)OC(C)(C)CC2N. The number of hydrogen-bond donors (Lipinski definition) is 2. The van der Waals surface area contributed by atoms with Crippen molar-refractivity contribution in [3.05, 3.63) is 23.8 Å². The first kappa shape index (κ1) is 14.2. The molecule has 0 aromatic heterocycles. The fraction of sp³-hybridized carbons (Fsp3) is 0.600. The normalized spacial score (nSPS) is 22.3. The second kappa shape index (κ2) is 5.39. The maximum atomic E-state index is 8.99. The molecular formula is C15H23NO3. The number of ether oxygens (including phenoxy) is 2. The first-order valence-corrected chi connectivity index (χ1v) is 6.73. The molecule has 1 aromatic carbocycles. The van der Waals surface area contributed by atoms with Crippen molar-refractivity contribution in [3.8, 4) is 11.5 Å². The molecule has 0 spiro atoms. The predicted octanol–water partition coefficient (Wildman–Crippen LogP) is 2.25. The minimum Gasteiger partial charge on any atom is -0.493 e. The Morgan fingerprint density at radius 2 is 2.26 bits per heavy atom. The maximum Gasteiger partial charge on any atom is 0.128 e. The van der Waals surface area contributed by atoms with Gasteiger partial charge >= 0.3 is 0 Å². The molecule has 0 saturated carbocycles. The van der Waals surface area contributed by atoms with Gasteiger partial charge < -0.3 is 20.3 Å². The second-order valence-electron chi connectivity index (χ2n) is 5.97. The third-order valence-electron chi connectivity index (χ3n) is 3.33. The van der Waals surface area contributed by atoms with Crippen molar-refractivity contribution in [2.24, 2.45) is 11.7 Å². The summed E-state index contributed by atoms with van der Waals surface area (Å²) in [6, 6.07) is 5.77. The molecule has 1 aromatic rings. The quantitative estimate of drug-likeness (QED) is 0.876. The molecule has 1 aliphatic rings. The van der Waals surface area contributed by atoms with E-state index in [1.165, 1.54) is 0 Å². The highest BCUT2D eigenvalue weighted by Gasteiger charge is 2.31. The summed E-state index contributed by atoms with van der Waals surface area (Å²) >= 11 is 0. The lowest BCUT2D eigenvalue weighted by Crippen LogP contribution is -2.37. The van der Waals surface area contributed by atoms with Crippen molar-refractivity contribution in [2.45, 2.75) is 38.8 Å². The van der Waals surface area contributed by atoms with Crippen LogP contribution in [0.3, 0.4) is 0 Å². The van der Waals surface area contributed by atoms with Crippen LogP contribution in [0.25, 0.3) is 0 Å². The van der Waals surface area contributed by atoms with Crippen LogP contribution in [0.2, 0.25) is 0 Å². The summed E-state index contributed by atoms with van der Waals surface area (Å²) in [4.78, 5) is 0. The highest BCUT2D eigenvalue weighted by Crippen LogP contribution is 2.39. The smallest absolute Gasteiger partial charge is 0.128 e. The molecule has 0 amide bonds. The Morgan fingerprint density at radius 1 is 1.53 bits per heavy atom. The number of hydrogen-bond acceptors (Lipinski definition) is 4. The predicted molar refractivity (Wildman–Crippen MR) is 74.4 cm³/mol. The van der Waals surface area contributed by atoms with Gasteiger partial charge in [-0.1, -0.05) is 13.0 Å². The van der Waals surface area contributed by atoms with E-state index in [0.29, 0.717) is 6.61 Å².